The van der Waals surface area contributed by atoms with E-state index in [0.717, 1.165) is 28.8 Å². The monoisotopic (exact) mass is 390 g/mol. The SMILES string of the molecule is CN1CCC(N2CCC(Nc3cc(-c4ccccc4)nc4ccnn34)CC2)CC1. The van der Waals surface area contributed by atoms with Crippen LogP contribution in [0.3, 0.4) is 0 Å². The molecule has 0 spiro atoms. The fourth-order valence-corrected chi connectivity index (χ4v) is 4.75. The molecular weight excluding hydrogens is 360 g/mol. The maximum atomic E-state index is 4.79. The van der Waals surface area contributed by atoms with Gasteiger partial charge in [0.1, 0.15) is 5.82 Å². The Hall–Kier alpha value is -2.44. The molecule has 29 heavy (non-hydrogen) atoms. The average molecular weight is 391 g/mol. The van der Waals surface area contributed by atoms with Gasteiger partial charge in [-0.05, 0) is 45.8 Å². The lowest BCUT2D eigenvalue weighted by atomic mass is 9.98. The van der Waals surface area contributed by atoms with Crippen molar-refractivity contribution in [3.63, 3.8) is 0 Å². The van der Waals surface area contributed by atoms with E-state index < -0.39 is 0 Å². The molecule has 0 bridgehead atoms. The molecule has 5 rings (SSSR count). The molecule has 152 valence electrons. The van der Waals surface area contributed by atoms with E-state index >= 15 is 0 Å². The van der Waals surface area contributed by atoms with Gasteiger partial charge in [-0.1, -0.05) is 30.3 Å². The highest BCUT2D eigenvalue weighted by Gasteiger charge is 2.27. The third kappa shape index (κ3) is 4.00. The van der Waals surface area contributed by atoms with E-state index in [1.165, 1.54) is 51.9 Å². The quantitative estimate of drug-likeness (QED) is 0.740. The number of benzene rings is 1. The van der Waals surface area contributed by atoms with Crippen LogP contribution in [0.4, 0.5) is 5.82 Å². The molecule has 0 saturated carbocycles. The maximum Gasteiger partial charge on any atom is 0.157 e. The Kier molecular flexibility index (Phi) is 5.21. The molecule has 4 heterocycles. The van der Waals surface area contributed by atoms with Gasteiger partial charge in [0.2, 0.25) is 0 Å². The molecule has 0 unspecified atom stereocenters. The van der Waals surface area contributed by atoms with Gasteiger partial charge in [-0.2, -0.15) is 9.61 Å². The minimum absolute atomic E-state index is 0.482. The smallest absolute Gasteiger partial charge is 0.157 e. The minimum atomic E-state index is 0.482. The van der Waals surface area contributed by atoms with Crippen molar-refractivity contribution in [2.24, 2.45) is 0 Å². The molecule has 2 fully saturated rings. The molecule has 3 aromatic rings. The van der Waals surface area contributed by atoms with Gasteiger partial charge >= 0.3 is 0 Å². The lowest BCUT2D eigenvalue weighted by molar-refractivity contribution is 0.0993. The fraction of sp³-hybridized carbons (Fsp3) is 0.478. The summed E-state index contributed by atoms with van der Waals surface area (Å²) in [6, 6.07) is 15.7. The number of rotatable bonds is 4. The van der Waals surface area contributed by atoms with Gasteiger partial charge < -0.3 is 15.1 Å². The topological polar surface area (TPSA) is 48.7 Å². The Morgan fingerprint density at radius 3 is 2.45 bits per heavy atom. The summed E-state index contributed by atoms with van der Waals surface area (Å²) in [7, 11) is 2.24. The Morgan fingerprint density at radius 1 is 0.931 bits per heavy atom. The van der Waals surface area contributed by atoms with Crippen molar-refractivity contribution in [1.82, 2.24) is 24.4 Å². The highest BCUT2D eigenvalue weighted by Crippen LogP contribution is 2.25. The van der Waals surface area contributed by atoms with Gasteiger partial charge in [0.05, 0.1) is 11.9 Å². The first-order valence-electron chi connectivity index (χ1n) is 10.9. The molecule has 6 nitrogen and oxygen atoms in total. The van der Waals surface area contributed by atoms with Gasteiger partial charge in [-0.3, -0.25) is 0 Å². The molecule has 6 heteroatoms. The number of aromatic nitrogens is 3. The van der Waals surface area contributed by atoms with E-state index in [2.05, 4.69) is 57.6 Å². The van der Waals surface area contributed by atoms with Crippen LogP contribution in [0.25, 0.3) is 16.9 Å². The predicted molar refractivity (Wildman–Crippen MR) is 117 cm³/mol. The van der Waals surface area contributed by atoms with Crippen molar-refractivity contribution < 1.29 is 0 Å². The number of piperidine rings is 2. The number of hydrogen-bond donors (Lipinski definition) is 1. The molecule has 1 N–H and O–H groups in total. The van der Waals surface area contributed by atoms with Crippen LogP contribution in [0.1, 0.15) is 25.7 Å². The van der Waals surface area contributed by atoms with Crippen molar-refractivity contribution in [1.29, 1.82) is 0 Å². The van der Waals surface area contributed by atoms with Crippen LogP contribution in [0.5, 0.6) is 0 Å². The van der Waals surface area contributed by atoms with E-state index in [-0.39, 0.29) is 0 Å². The Bertz CT molecular complexity index is 936. The van der Waals surface area contributed by atoms with Gasteiger partial charge in [0.15, 0.2) is 5.65 Å². The van der Waals surface area contributed by atoms with Crippen molar-refractivity contribution >= 4 is 11.5 Å². The summed E-state index contributed by atoms with van der Waals surface area (Å²) in [5, 5.41) is 8.27. The van der Waals surface area contributed by atoms with Crippen molar-refractivity contribution in [3.8, 4) is 11.3 Å². The second-order valence-electron chi connectivity index (χ2n) is 8.48. The first-order chi connectivity index (χ1) is 14.3. The summed E-state index contributed by atoms with van der Waals surface area (Å²) in [6.45, 7) is 4.84. The fourth-order valence-electron chi connectivity index (χ4n) is 4.75. The van der Waals surface area contributed by atoms with E-state index in [9.17, 15) is 0 Å². The first-order valence-corrected chi connectivity index (χ1v) is 10.9. The highest BCUT2D eigenvalue weighted by atomic mass is 15.3. The third-order valence-corrected chi connectivity index (χ3v) is 6.51. The molecular formula is C23H30N6. The molecule has 0 radical (unpaired) electrons. The van der Waals surface area contributed by atoms with E-state index in [1.807, 2.05) is 22.8 Å². The van der Waals surface area contributed by atoms with Crippen molar-refractivity contribution in [2.45, 2.75) is 37.8 Å². The van der Waals surface area contributed by atoms with Gasteiger partial charge in [-0.25, -0.2) is 4.98 Å². The van der Waals surface area contributed by atoms with Crippen LogP contribution >= 0.6 is 0 Å². The minimum Gasteiger partial charge on any atom is -0.367 e. The molecule has 0 atom stereocenters. The zero-order valence-electron chi connectivity index (χ0n) is 17.2. The van der Waals surface area contributed by atoms with Gasteiger partial charge in [0, 0.05) is 42.9 Å². The Balaban J connectivity index is 1.29. The number of anilines is 1. The summed E-state index contributed by atoms with van der Waals surface area (Å²) < 4.78 is 1.93. The Morgan fingerprint density at radius 2 is 1.69 bits per heavy atom. The lowest BCUT2D eigenvalue weighted by Gasteiger charge is -2.41. The molecule has 2 saturated heterocycles. The number of hydrogen-bond acceptors (Lipinski definition) is 5. The second-order valence-corrected chi connectivity index (χ2v) is 8.48. The average Bonchev–Trinajstić information content (AvgIpc) is 3.25. The van der Waals surface area contributed by atoms with E-state index in [4.69, 9.17) is 4.98 Å². The predicted octanol–water partition coefficient (Wildman–Crippen LogP) is 3.37. The summed E-state index contributed by atoms with van der Waals surface area (Å²) in [4.78, 5) is 9.96. The first kappa shape index (κ1) is 18.6. The highest BCUT2D eigenvalue weighted by molar-refractivity contribution is 5.66. The largest absolute Gasteiger partial charge is 0.367 e. The van der Waals surface area contributed by atoms with Crippen LogP contribution in [0.2, 0.25) is 0 Å². The second kappa shape index (κ2) is 8.13. The molecule has 0 amide bonds. The van der Waals surface area contributed by atoms with Crippen molar-refractivity contribution in [3.05, 3.63) is 48.7 Å². The number of nitrogens with one attached hydrogen (secondary N) is 1. The molecule has 2 aliphatic heterocycles. The van der Waals surface area contributed by atoms with Gasteiger partial charge in [-0.15, -0.1) is 0 Å². The maximum absolute atomic E-state index is 4.79. The normalized spacial score (nSPS) is 20.3. The van der Waals surface area contributed by atoms with Crippen LogP contribution in [-0.4, -0.2) is 69.7 Å². The van der Waals surface area contributed by atoms with Crippen LogP contribution < -0.4 is 5.32 Å². The third-order valence-electron chi connectivity index (χ3n) is 6.51. The van der Waals surface area contributed by atoms with E-state index in [0.29, 0.717) is 6.04 Å². The standard InChI is InChI=1S/C23H30N6/c1-27-13-10-20(11-14-27)28-15-8-19(9-16-28)25-23-17-21(18-5-3-2-4-6-18)26-22-7-12-24-29(22)23/h2-7,12,17,19-20,25H,8-11,13-16H2,1H3. The number of fused-ring (bicyclic) bond motifs is 1. The number of nitrogens with zero attached hydrogens (tertiary/aromatic N) is 5. The zero-order valence-corrected chi connectivity index (χ0v) is 17.2. The summed E-state index contributed by atoms with van der Waals surface area (Å²) >= 11 is 0. The summed E-state index contributed by atoms with van der Waals surface area (Å²) in [5.41, 5.74) is 3.01. The van der Waals surface area contributed by atoms with E-state index in [1.54, 1.807) is 0 Å². The summed E-state index contributed by atoms with van der Waals surface area (Å²) in [6.07, 6.45) is 6.81. The number of likely N-dealkylation sites (tertiary alicyclic amines) is 2. The molecule has 0 aliphatic carbocycles. The summed E-state index contributed by atoms with van der Waals surface area (Å²) in [5.74, 6) is 1.04. The molecule has 2 aromatic heterocycles. The molecule has 2 aliphatic rings. The van der Waals surface area contributed by atoms with Crippen molar-refractivity contribution in [2.75, 3.05) is 38.5 Å². The molecule has 1 aromatic carbocycles. The lowest BCUT2D eigenvalue weighted by Crippen LogP contribution is -2.48. The van der Waals surface area contributed by atoms with Crippen LogP contribution in [-0.2, 0) is 0 Å². The van der Waals surface area contributed by atoms with Gasteiger partial charge in [0.25, 0.3) is 0 Å². The zero-order chi connectivity index (χ0) is 19.6. The van der Waals surface area contributed by atoms with Crippen LogP contribution in [0, 0.1) is 0 Å². The Labute approximate surface area is 172 Å². The van der Waals surface area contributed by atoms with Crippen LogP contribution in [0.15, 0.2) is 48.7 Å².